The Morgan fingerprint density at radius 1 is 0.514 bits per heavy atom. The van der Waals surface area contributed by atoms with Gasteiger partial charge in [-0.15, -0.1) is 0 Å². The van der Waals surface area contributed by atoms with Crippen molar-refractivity contribution in [3.63, 3.8) is 0 Å². The Labute approximate surface area is 241 Å². The minimum absolute atomic E-state index is 0. The van der Waals surface area contributed by atoms with Crippen LogP contribution in [0.25, 0.3) is 0 Å². The summed E-state index contributed by atoms with van der Waals surface area (Å²) in [6.07, 6.45) is 0. The van der Waals surface area contributed by atoms with Crippen molar-refractivity contribution < 1.29 is 84.7 Å². The second-order valence-corrected chi connectivity index (χ2v) is 6.44. The molecule has 0 aromatic heterocycles. The summed E-state index contributed by atoms with van der Waals surface area (Å²) in [7, 11) is 4.12. The van der Waals surface area contributed by atoms with Crippen LogP contribution in [0.4, 0.5) is 17.1 Å². The van der Waals surface area contributed by atoms with Crippen LogP contribution in [0.5, 0.6) is 34.5 Å². The molecule has 0 aliphatic carbocycles. The number of aromatic hydroxyl groups is 3. The number of nitrogens with zero attached hydrogens (tertiary/aromatic N) is 3. The molecule has 3 aromatic carbocycles. The molecule has 16 heteroatoms. The summed E-state index contributed by atoms with van der Waals surface area (Å²) in [4.78, 5) is 29.0. The van der Waals surface area contributed by atoms with Gasteiger partial charge in [0.05, 0.1) is 72.5 Å². The molecule has 15 nitrogen and oxygen atoms in total. The van der Waals surface area contributed by atoms with Gasteiger partial charge < -0.3 is 29.5 Å². The van der Waals surface area contributed by atoms with E-state index in [1.54, 1.807) is 0 Å². The number of hydrogen-bond acceptors (Lipinski definition) is 12. The molecular formula is C21H21N3O12Sm. The van der Waals surface area contributed by atoms with Crippen molar-refractivity contribution in [2.45, 2.75) is 0 Å². The van der Waals surface area contributed by atoms with Crippen LogP contribution < -0.4 is 14.2 Å². The van der Waals surface area contributed by atoms with E-state index in [0.717, 1.165) is 18.2 Å². The molecular weight excluding hydrogens is 637 g/mol. The third-order valence-corrected chi connectivity index (χ3v) is 3.97. The summed E-state index contributed by atoms with van der Waals surface area (Å²) in [6, 6.07) is 10.8. The second kappa shape index (κ2) is 15.9. The first-order valence-electron chi connectivity index (χ1n) is 9.47. The minimum atomic E-state index is -0.595. The Hall–Kier alpha value is -4.00. The first kappa shape index (κ1) is 33.0. The fraction of sp³-hybridized carbons (Fsp3) is 0.143. The molecule has 0 radical (unpaired) electrons. The summed E-state index contributed by atoms with van der Waals surface area (Å²) in [5.74, 6) is 0.258. The number of hydrogen-bond donors (Lipinski definition) is 3. The van der Waals surface area contributed by atoms with Crippen LogP contribution in [0.3, 0.4) is 0 Å². The number of phenols is 3. The summed E-state index contributed by atoms with van der Waals surface area (Å²) in [5, 5.41) is 57.7. The van der Waals surface area contributed by atoms with Gasteiger partial charge in [-0.2, -0.15) is 0 Å². The Bertz CT molecular complexity index is 1090. The Kier molecular flexibility index (Phi) is 14.2. The zero-order valence-corrected chi connectivity index (χ0v) is 22.1. The number of non-ortho nitro benzene ring substituents is 3. The van der Waals surface area contributed by atoms with Crippen LogP contribution in [-0.4, -0.2) is 51.4 Å². The fourth-order valence-electron chi connectivity index (χ4n) is 2.37. The van der Waals surface area contributed by atoms with E-state index in [0.29, 0.717) is 0 Å². The monoisotopic (exact) mass is 659 g/mol. The number of rotatable bonds is 6. The third-order valence-electron chi connectivity index (χ3n) is 3.97. The molecule has 3 N–H and O–H groups in total. The predicted molar refractivity (Wildman–Crippen MR) is 124 cm³/mol. The van der Waals surface area contributed by atoms with Gasteiger partial charge in [0.1, 0.15) is 34.5 Å². The SMILES string of the molecule is COc1cc(O)cc([N+](=O)[O-])c1.COc1cc(O)cc([N+](=O)[O-])c1.COc1cc(O)cc([N+](=O)[O-])c1.[Sm]. The first-order valence-corrected chi connectivity index (χ1v) is 9.47. The van der Waals surface area contributed by atoms with Gasteiger partial charge in [0.25, 0.3) is 17.1 Å². The smallest absolute Gasteiger partial charge is 0.276 e. The largest absolute Gasteiger partial charge is 0.508 e. The normalized spacial score (nSPS) is 9.16. The van der Waals surface area contributed by atoms with Crippen molar-refractivity contribution >= 4 is 17.1 Å². The van der Waals surface area contributed by atoms with Gasteiger partial charge in [-0.05, 0) is 0 Å². The summed E-state index contributed by atoms with van der Waals surface area (Å²) >= 11 is 0. The van der Waals surface area contributed by atoms with E-state index in [2.05, 4.69) is 0 Å². The van der Waals surface area contributed by atoms with Crippen LogP contribution in [0.1, 0.15) is 0 Å². The van der Waals surface area contributed by atoms with E-state index in [-0.39, 0.29) is 91.9 Å². The first-order chi connectivity index (χ1) is 16.9. The van der Waals surface area contributed by atoms with Crippen LogP contribution >= 0.6 is 0 Å². The number of methoxy groups -OCH3 is 3. The van der Waals surface area contributed by atoms with E-state index in [9.17, 15) is 30.3 Å². The molecule has 198 valence electrons. The molecule has 37 heavy (non-hydrogen) atoms. The number of nitro benzene ring substituents is 3. The molecule has 0 atom stereocenters. The van der Waals surface area contributed by atoms with Gasteiger partial charge in [-0.1, -0.05) is 0 Å². The minimum Gasteiger partial charge on any atom is -0.508 e. The zero-order valence-electron chi connectivity index (χ0n) is 19.5. The van der Waals surface area contributed by atoms with Gasteiger partial charge in [0.2, 0.25) is 0 Å². The Morgan fingerprint density at radius 3 is 0.892 bits per heavy atom. The number of benzene rings is 3. The van der Waals surface area contributed by atoms with Gasteiger partial charge >= 0.3 is 0 Å². The molecule has 0 fully saturated rings. The van der Waals surface area contributed by atoms with Crippen molar-refractivity contribution in [3.05, 3.63) is 84.9 Å². The van der Waals surface area contributed by atoms with E-state index in [1.807, 2.05) is 0 Å². The van der Waals surface area contributed by atoms with Crippen molar-refractivity contribution in [1.29, 1.82) is 0 Å². The van der Waals surface area contributed by atoms with E-state index in [1.165, 1.54) is 57.7 Å². The van der Waals surface area contributed by atoms with Crippen molar-refractivity contribution in [1.82, 2.24) is 0 Å². The number of ether oxygens (including phenoxy) is 3. The summed E-state index contributed by atoms with van der Waals surface area (Å²) < 4.78 is 14.2. The van der Waals surface area contributed by atoms with Crippen LogP contribution in [0.15, 0.2) is 54.6 Å². The van der Waals surface area contributed by atoms with E-state index in [4.69, 9.17) is 29.5 Å². The van der Waals surface area contributed by atoms with Crippen LogP contribution in [-0.2, 0) is 0 Å². The maximum Gasteiger partial charge on any atom is 0.276 e. The van der Waals surface area contributed by atoms with E-state index >= 15 is 0 Å². The molecule has 0 saturated heterocycles. The summed E-state index contributed by atoms with van der Waals surface area (Å²) in [6.45, 7) is 0. The Balaban J connectivity index is 0.000000518. The molecule has 0 amide bonds. The Morgan fingerprint density at radius 2 is 0.730 bits per heavy atom. The molecule has 0 heterocycles. The van der Waals surface area contributed by atoms with Crippen molar-refractivity contribution in [2.75, 3.05) is 21.3 Å². The molecule has 0 spiro atoms. The van der Waals surface area contributed by atoms with Crippen molar-refractivity contribution in [3.8, 4) is 34.5 Å². The van der Waals surface area contributed by atoms with Gasteiger partial charge in [-0.25, -0.2) is 0 Å². The molecule has 3 aromatic rings. The average molecular weight is 658 g/mol. The van der Waals surface area contributed by atoms with Crippen LogP contribution in [0.2, 0.25) is 0 Å². The maximum atomic E-state index is 10.3. The number of phenolic OH excluding ortho intramolecular Hbond substituents is 3. The second-order valence-electron chi connectivity index (χ2n) is 6.44. The summed E-state index contributed by atoms with van der Waals surface area (Å²) in [5.41, 5.74) is -0.564. The average Bonchev–Trinajstić information content (AvgIpc) is 2.83. The zero-order chi connectivity index (χ0) is 27.4. The number of nitro groups is 3. The maximum absolute atomic E-state index is 10.3. The van der Waals surface area contributed by atoms with Gasteiger partial charge in [0, 0.05) is 58.6 Å². The van der Waals surface area contributed by atoms with Crippen LogP contribution in [0, 0.1) is 70.7 Å². The quantitative estimate of drug-likeness (QED) is 0.254. The topological polar surface area (TPSA) is 218 Å². The standard InChI is InChI=1S/3C7H7NO4.Sm/c3*1-12-7-3-5(8(10)11)2-6(9)4-7;/h3*2-4,9H,1H3;. The van der Waals surface area contributed by atoms with Gasteiger partial charge in [0.15, 0.2) is 0 Å². The van der Waals surface area contributed by atoms with Crippen molar-refractivity contribution in [2.24, 2.45) is 0 Å². The third kappa shape index (κ3) is 11.5. The molecule has 0 unspecified atom stereocenters. The molecule has 0 aliphatic heterocycles. The molecule has 0 bridgehead atoms. The molecule has 0 saturated carbocycles. The fourth-order valence-corrected chi connectivity index (χ4v) is 2.37. The molecule has 3 rings (SSSR count). The molecule has 0 aliphatic rings. The predicted octanol–water partition coefficient (Wildman–Crippen LogP) is 3.93. The van der Waals surface area contributed by atoms with Gasteiger partial charge in [-0.3, -0.25) is 30.3 Å². The van der Waals surface area contributed by atoms with E-state index < -0.39 is 14.8 Å².